The number of carbonyl (C=O) groups excluding carboxylic acids is 2. The van der Waals surface area contributed by atoms with E-state index in [0.717, 1.165) is 44.6 Å². The molecule has 0 saturated carbocycles. The third-order valence-corrected chi connectivity index (χ3v) is 5.44. The molecule has 25 heavy (non-hydrogen) atoms. The zero-order valence-corrected chi connectivity index (χ0v) is 14.5. The van der Waals surface area contributed by atoms with Crippen LogP contribution in [0.2, 0.25) is 0 Å². The Bertz CT molecular complexity index is 649. The van der Waals surface area contributed by atoms with Crippen LogP contribution in [0.3, 0.4) is 0 Å². The molecule has 2 saturated heterocycles. The van der Waals surface area contributed by atoms with Gasteiger partial charge in [0.15, 0.2) is 0 Å². The van der Waals surface area contributed by atoms with E-state index in [1.165, 1.54) is 5.56 Å². The largest absolute Gasteiger partial charge is 0.368 e. The van der Waals surface area contributed by atoms with Gasteiger partial charge in [0.25, 0.3) is 5.91 Å². The molecule has 0 bridgehead atoms. The van der Waals surface area contributed by atoms with Crippen LogP contribution in [0, 0.1) is 0 Å². The average molecular weight is 343 g/mol. The van der Waals surface area contributed by atoms with E-state index in [9.17, 15) is 9.59 Å². The summed E-state index contributed by atoms with van der Waals surface area (Å²) in [6, 6.07) is 8.13. The normalized spacial score (nSPS) is 23.8. The Kier molecular flexibility index (Phi) is 4.72. The van der Waals surface area contributed by atoms with Crippen LogP contribution in [-0.4, -0.2) is 73.6 Å². The van der Waals surface area contributed by atoms with Crippen LogP contribution in [-0.2, 0) is 20.7 Å². The van der Waals surface area contributed by atoms with Crippen LogP contribution in [0.4, 0.5) is 5.69 Å². The molecule has 4 rings (SSSR count). The number of anilines is 1. The Morgan fingerprint density at radius 3 is 2.64 bits per heavy atom. The van der Waals surface area contributed by atoms with E-state index < -0.39 is 0 Å². The maximum Gasteiger partial charge on any atom is 0.251 e. The zero-order valence-electron chi connectivity index (χ0n) is 14.5. The molecule has 6 nitrogen and oxygen atoms in total. The van der Waals surface area contributed by atoms with Gasteiger partial charge in [0.05, 0.1) is 6.54 Å². The van der Waals surface area contributed by atoms with Gasteiger partial charge in [0.2, 0.25) is 5.91 Å². The Morgan fingerprint density at radius 1 is 1.08 bits per heavy atom. The van der Waals surface area contributed by atoms with Crippen molar-refractivity contribution in [3.63, 3.8) is 0 Å². The third-order valence-electron chi connectivity index (χ3n) is 5.44. The number of para-hydroxylation sites is 1. The van der Waals surface area contributed by atoms with Gasteiger partial charge in [-0.2, -0.15) is 0 Å². The second-order valence-electron chi connectivity index (χ2n) is 7.03. The van der Waals surface area contributed by atoms with Gasteiger partial charge >= 0.3 is 0 Å². The quantitative estimate of drug-likeness (QED) is 0.818. The van der Waals surface area contributed by atoms with Crippen LogP contribution in [0.5, 0.6) is 0 Å². The predicted molar refractivity (Wildman–Crippen MR) is 94.5 cm³/mol. The van der Waals surface area contributed by atoms with Crippen molar-refractivity contribution >= 4 is 17.5 Å². The van der Waals surface area contributed by atoms with Gasteiger partial charge in [-0.05, 0) is 30.9 Å². The molecule has 2 fully saturated rings. The summed E-state index contributed by atoms with van der Waals surface area (Å²) >= 11 is 0. The van der Waals surface area contributed by atoms with E-state index in [2.05, 4.69) is 11.0 Å². The Labute approximate surface area is 148 Å². The SMILES string of the molecule is O=C([C@@H]1CCCO1)N1CCN(CC(=O)N2CCc3ccccc32)CC1. The molecule has 2 amide bonds. The molecular weight excluding hydrogens is 318 g/mol. The standard InChI is InChI=1S/C19H25N3O3/c23-18(22-8-7-15-4-1-2-5-16(15)22)14-20-9-11-21(12-10-20)19(24)17-6-3-13-25-17/h1-2,4-5,17H,3,6-14H2/t17-/m0/s1. The zero-order chi connectivity index (χ0) is 17.2. The highest BCUT2D eigenvalue weighted by molar-refractivity contribution is 5.96. The molecule has 3 aliphatic heterocycles. The number of amides is 2. The summed E-state index contributed by atoms with van der Waals surface area (Å²) in [6.45, 7) is 4.76. The fourth-order valence-electron chi connectivity index (χ4n) is 3.98. The molecule has 0 spiro atoms. The van der Waals surface area contributed by atoms with Crippen molar-refractivity contribution in [1.29, 1.82) is 0 Å². The summed E-state index contributed by atoms with van der Waals surface area (Å²) in [5.41, 5.74) is 2.31. The molecule has 0 aromatic heterocycles. The first-order chi connectivity index (χ1) is 12.2. The summed E-state index contributed by atoms with van der Waals surface area (Å²) in [4.78, 5) is 31.0. The van der Waals surface area contributed by atoms with Crippen LogP contribution >= 0.6 is 0 Å². The van der Waals surface area contributed by atoms with Crippen LogP contribution in [0.15, 0.2) is 24.3 Å². The first-order valence-electron chi connectivity index (χ1n) is 9.23. The molecule has 0 N–H and O–H groups in total. The highest BCUT2D eigenvalue weighted by Crippen LogP contribution is 2.27. The molecule has 3 aliphatic rings. The number of hydrogen-bond donors (Lipinski definition) is 0. The van der Waals surface area contributed by atoms with E-state index in [1.807, 2.05) is 28.0 Å². The molecule has 6 heteroatoms. The van der Waals surface area contributed by atoms with Crippen LogP contribution in [0.1, 0.15) is 18.4 Å². The van der Waals surface area contributed by atoms with Crippen LogP contribution in [0.25, 0.3) is 0 Å². The minimum Gasteiger partial charge on any atom is -0.368 e. The maximum atomic E-state index is 12.7. The number of hydrogen-bond acceptors (Lipinski definition) is 4. The van der Waals surface area contributed by atoms with Crippen molar-refractivity contribution < 1.29 is 14.3 Å². The van der Waals surface area contributed by atoms with Crippen LogP contribution < -0.4 is 4.90 Å². The van der Waals surface area contributed by atoms with Gasteiger partial charge in [-0.3, -0.25) is 14.5 Å². The lowest BCUT2D eigenvalue weighted by atomic mass is 10.2. The van der Waals surface area contributed by atoms with Crippen molar-refractivity contribution in [1.82, 2.24) is 9.80 Å². The third kappa shape index (κ3) is 3.41. The molecule has 1 aromatic rings. The lowest BCUT2D eigenvalue weighted by Gasteiger charge is -2.36. The number of fused-ring (bicyclic) bond motifs is 1. The molecule has 134 valence electrons. The molecule has 1 atom stereocenters. The fraction of sp³-hybridized carbons (Fsp3) is 0.579. The lowest BCUT2D eigenvalue weighted by molar-refractivity contribution is -0.142. The predicted octanol–water partition coefficient (Wildman–Crippen LogP) is 0.899. The highest BCUT2D eigenvalue weighted by Gasteiger charge is 2.31. The summed E-state index contributed by atoms with van der Waals surface area (Å²) in [7, 11) is 0. The molecule has 3 heterocycles. The minimum absolute atomic E-state index is 0.122. The Morgan fingerprint density at radius 2 is 1.88 bits per heavy atom. The van der Waals surface area contributed by atoms with E-state index in [-0.39, 0.29) is 17.9 Å². The molecule has 0 radical (unpaired) electrons. The highest BCUT2D eigenvalue weighted by atomic mass is 16.5. The topological polar surface area (TPSA) is 53.1 Å². The Hall–Kier alpha value is -1.92. The summed E-state index contributed by atoms with van der Waals surface area (Å²) in [5.74, 6) is 0.279. The summed E-state index contributed by atoms with van der Waals surface area (Å²) in [5, 5.41) is 0. The summed E-state index contributed by atoms with van der Waals surface area (Å²) in [6.07, 6.45) is 2.51. The van der Waals surface area contributed by atoms with E-state index in [1.54, 1.807) is 0 Å². The minimum atomic E-state index is -0.241. The molecule has 0 aliphatic carbocycles. The van der Waals surface area contributed by atoms with Gasteiger partial charge in [0.1, 0.15) is 6.10 Å². The smallest absolute Gasteiger partial charge is 0.251 e. The second kappa shape index (κ2) is 7.14. The summed E-state index contributed by atoms with van der Waals surface area (Å²) < 4.78 is 5.49. The second-order valence-corrected chi connectivity index (χ2v) is 7.03. The maximum absolute atomic E-state index is 12.7. The van der Waals surface area contributed by atoms with E-state index in [0.29, 0.717) is 26.2 Å². The van der Waals surface area contributed by atoms with Crippen molar-refractivity contribution in [3.05, 3.63) is 29.8 Å². The van der Waals surface area contributed by atoms with Gasteiger partial charge in [-0.1, -0.05) is 18.2 Å². The fourth-order valence-corrected chi connectivity index (χ4v) is 3.98. The number of piperazine rings is 1. The van der Waals surface area contributed by atoms with Crippen molar-refractivity contribution in [2.24, 2.45) is 0 Å². The number of rotatable bonds is 3. The molecular formula is C19H25N3O3. The first-order valence-corrected chi connectivity index (χ1v) is 9.23. The van der Waals surface area contributed by atoms with E-state index in [4.69, 9.17) is 4.74 Å². The Balaban J connectivity index is 1.29. The number of ether oxygens (including phenoxy) is 1. The lowest BCUT2D eigenvalue weighted by Crippen LogP contribution is -2.53. The first kappa shape index (κ1) is 16.5. The van der Waals surface area contributed by atoms with E-state index >= 15 is 0 Å². The average Bonchev–Trinajstić information content (AvgIpc) is 3.31. The van der Waals surface area contributed by atoms with Crippen molar-refractivity contribution in [3.8, 4) is 0 Å². The van der Waals surface area contributed by atoms with Gasteiger partial charge < -0.3 is 14.5 Å². The number of benzene rings is 1. The van der Waals surface area contributed by atoms with Crippen molar-refractivity contribution in [2.75, 3.05) is 50.8 Å². The van der Waals surface area contributed by atoms with Gasteiger partial charge in [-0.25, -0.2) is 0 Å². The van der Waals surface area contributed by atoms with Crippen molar-refractivity contribution in [2.45, 2.75) is 25.4 Å². The van der Waals surface area contributed by atoms with Gasteiger partial charge in [0, 0.05) is 45.0 Å². The molecule has 0 unspecified atom stereocenters. The number of nitrogens with zero attached hydrogens (tertiary/aromatic N) is 3. The van der Waals surface area contributed by atoms with Gasteiger partial charge in [-0.15, -0.1) is 0 Å². The number of carbonyl (C=O) groups is 2. The monoisotopic (exact) mass is 343 g/mol. The molecule has 1 aromatic carbocycles.